The van der Waals surface area contributed by atoms with Crippen LogP contribution in [0.4, 0.5) is 10.5 Å². The monoisotopic (exact) mass is 247 g/mol. The van der Waals surface area contributed by atoms with E-state index < -0.39 is 0 Å². The molecule has 2 N–H and O–H groups in total. The molecular weight excluding hydrogens is 230 g/mol. The zero-order valence-corrected chi connectivity index (χ0v) is 10.6. The highest BCUT2D eigenvalue weighted by Gasteiger charge is 2.31. The number of carbonyl (C=O) groups is 2. The summed E-state index contributed by atoms with van der Waals surface area (Å²) < 4.78 is 0. The van der Waals surface area contributed by atoms with Crippen LogP contribution in [0.3, 0.4) is 0 Å². The van der Waals surface area contributed by atoms with Gasteiger partial charge in [0.1, 0.15) is 0 Å². The molecule has 18 heavy (non-hydrogen) atoms. The second-order valence-corrected chi connectivity index (χ2v) is 4.46. The van der Waals surface area contributed by atoms with Crippen LogP contribution in [0, 0.1) is 6.92 Å². The van der Waals surface area contributed by atoms with Gasteiger partial charge in [0, 0.05) is 25.7 Å². The number of nitrogens with zero attached hydrogens (tertiary/aromatic N) is 1. The summed E-state index contributed by atoms with van der Waals surface area (Å²) in [5.74, 6) is 0.0419. The number of aryl methyl sites for hydroxylation is 1. The number of urea groups is 1. The van der Waals surface area contributed by atoms with Crippen molar-refractivity contribution in [2.24, 2.45) is 0 Å². The Kier molecular flexibility index (Phi) is 3.50. The summed E-state index contributed by atoms with van der Waals surface area (Å²) in [5, 5.41) is 5.25. The maximum Gasteiger partial charge on any atom is 0.314 e. The Bertz CT molecular complexity index is 456. The molecule has 1 aliphatic rings. The molecule has 0 saturated carbocycles. The minimum Gasteiger partial charge on any atom is -0.341 e. The summed E-state index contributed by atoms with van der Waals surface area (Å²) in [4.78, 5) is 24.8. The number of anilines is 1. The standard InChI is InChI=1S/C13H17N3O2/c1-9-3-5-11(6-4-9)16-8-10(7-12(16)17)15-13(18)14-2/h3-6,10H,7-8H2,1-2H3,(H2,14,15,18)/t10-/m1/s1. The molecule has 0 aliphatic carbocycles. The van der Waals surface area contributed by atoms with Gasteiger partial charge in [-0.05, 0) is 19.1 Å². The third kappa shape index (κ3) is 2.61. The third-order valence-electron chi connectivity index (χ3n) is 3.03. The van der Waals surface area contributed by atoms with E-state index in [9.17, 15) is 9.59 Å². The molecule has 0 bridgehead atoms. The highest BCUT2D eigenvalue weighted by Crippen LogP contribution is 2.21. The Morgan fingerprint density at radius 2 is 2.00 bits per heavy atom. The summed E-state index contributed by atoms with van der Waals surface area (Å²) >= 11 is 0. The quantitative estimate of drug-likeness (QED) is 0.820. The molecule has 0 aromatic heterocycles. The lowest BCUT2D eigenvalue weighted by atomic mass is 10.2. The Labute approximate surface area is 106 Å². The average Bonchev–Trinajstić information content (AvgIpc) is 2.71. The lowest BCUT2D eigenvalue weighted by molar-refractivity contribution is -0.117. The molecule has 1 saturated heterocycles. The second-order valence-electron chi connectivity index (χ2n) is 4.46. The Balaban J connectivity index is 2.05. The number of hydrogen-bond donors (Lipinski definition) is 2. The van der Waals surface area contributed by atoms with Crippen molar-refractivity contribution in [1.82, 2.24) is 10.6 Å². The van der Waals surface area contributed by atoms with Gasteiger partial charge in [-0.25, -0.2) is 4.79 Å². The van der Waals surface area contributed by atoms with Crippen molar-refractivity contribution in [2.75, 3.05) is 18.5 Å². The van der Waals surface area contributed by atoms with E-state index in [1.807, 2.05) is 31.2 Å². The van der Waals surface area contributed by atoms with Gasteiger partial charge in [0.25, 0.3) is 0 Å². The number of carbonyl (C=O) groups excluding carboxylic acids is 2. The molecule has 1 aliphatic heterocycles. The van der Waals surface area contributed by atoms with Crippen molar-refractivity contribution in [3.05, 3.63) is 29.8 Å². The van der Waals surface area contributed by atoms with E-state index in [4.69, 9.17) is 0 Å². The molecule has 5 nitrogen and oxygen atoms in total. The lowest BCUT2D eigenvalue weighted by Gasteiger charge is -2.17. The molecule has 1 fully saturated rings. The molecule has 1 heterocycles. The summed E-state index contributed by atoms with van der Waals surface area (Å²) in [6.07, 6.45) is 0.349. The number of hydrogen-bond acceptors (Lipinski definition) is 2. The first-order valence-electron chi connectivity index (χ1n) is 5.95. The number of amides is 3. The van der Waals surface area contributed by atoms with Gasteiger partial charge in [-0.3, -0.25) is 4.79 Å². The third-order valence-corrected chi connectivity index (χ3v) is 3.03. The van der Waals surface area contributed by atoms with Crippen molar-refractivity contribution >= 4 is 17.6 Å². The number of benzene rings is 1. The summed E-state index contributed by atoms with van der Waals surface area (Å²) in [6.45, 7) is 2.53. The van der Waals surface area contributed by atoms with Crippen molar-refractivity contribution < 1.29 is 9.59 Å². The molecule has 1 atom stereocenters. The highest BCUT2D eigenvalue weighted by molar-refractivity contribution is 5.96. The van der Waals surface area contributed by atoms with Crippen LogP contribution in [-0.2, 0) is 4.79 Å². The first-order valence-corrected chi connectivity index (χ1v) is 5.95. The fourth-order valence-corrected chi connectivity index (χ4v) is 2.04. The van der Waals surface area contributed by atoms with E-state index >= 15 is 0 Å². The van der Waals surface area contributed by atoms with E-state index in [0.717, 1.165) is 11.3 Å². The van der Waals surface area contributed by atoms with Crippen molar-refractivity contribution in [3.8, 4) is 0 Å². The molecule has 96 valence electrons. The smallest absolute Gasteiger partial charge is 0.314 e. The molecule has 1 aromatic carbocycles. The minimum absolute atomic E-state index is 0.0419. The molecule has 5 heteroatoms. The van der Waals surface area contributed by atoms with Gasteiger partial charge in [0.05, 0.1) is 6.04 Å². The van der Waals surface area contributed by atoms with Crippen LogP contribution in [0.2, 0.25) is 0 Å². The summed E-state index contributed by atoms with van der Waals surface area (Å²) in [5.41, 5.74) is 2.04. The second kappa shape index (κ2) is 5.08. The molecule has 0 spiro atoms. The number of nitrogens with one attached hydrogen (secondary N) is 2. The SMILES string of the molecule is CNC(=O)N[C@@H]1CC(=O)N(c2ccc(C)cc2)C1. The van der Waals surface area contributed by atoms with Crippen molar-refractivity contribution in [3.63, 3.8) is 0 Å². The van der Waals surface area contributed by atoms with Gasteiger partial charge in [-0.15, -0.1) is 0 Å². The van der Waals surface area contributed by atoms with Gasteiger partial charge in [0.2, 0.25) is 5.91 Å². The first-order chi connectivity index (χ1) is 8.60. The van der Waals surface area contributed by atoms with Gasteiger partial charge in [0.15, 0.2) is 0 Å². The molecule has 0 radical (unpaired) electrons. The summed E-state index contributed by atoms with van der Waals surface area (Å²) in [6, 6.07) is 7.42. The van der Waals surface area contributed by atoms with E-state index in [1.54, 1.807) is 11.9 Å². The van der Waals surface area contributed by atoms with E-state index in [1.165, 1.54) is 0 Å². The lowest BCUT2D eigenvalue weighted by Crippen LogP contribution is -2.41. The zero-order valence-electron chi connectivity index (χ0n) is 10.6. The largest absolute Gasteiger partial charge is 0.341 e. The van der Waals surface area contributed by atoms with Crippen LogP contribution >= 0.6 is 0 Å². The van der Waals surface area contributed by atoms with E-state index in [-0.39, 0.29) is 18.0 Å². The van der Waals surface area contributed by atoms with Crippen LogP contribution in [0.1, 0.15) is 12.0 Å². The van der Waals surface area contributed by atoms with Crippen LogP contribution in [0.5, 0.6) is 0 Å². The van der Waals surface area contributed by atoms with Gasteiger partial charge in [-0.2, -0.15) is 0 Å². The van der Waals surface area contributed by atoms with Crippen LogP contribution < -0.4 is 15.5 Å². The summed E-state index contributed by atoms with van der Waals surface area (Å²) in [7, 11) is 1.56. The minimum atomic E-state index is -0.251. The Hall–Kier alpha value is -2.04. The van der Waals surface area contributed by atoms with Gasteiger partial charge >= 0.3 is 6.03 Å². The normalized spacial score (nSPS) is 18.9. The topological polar surface area (TPSA) is 61.4 Å². The fraction of sp³-hybridized carbons (Fsp3) is 0.385. The van der Waals surface area contributed by atoms with Crippen LogP contribution in [0.25, 0.3) is 0 Å². The van der Waals surface area contributed by atoms with Gasteiger partial charge in [-0.1, -0.05) is 17.7 Å². The highest BCUT2D eigenvalue weighted by atomic mass is 16.2. The predicted molar refractivity (Wildman–Crippen MR) is 69.5 cm³/mol. The maximum atomic E-state index is 11.9. The van der Waals surface area contributed by atoms with Crippen molar-refractivity contribution in [1.29, 1.82) is 0 Å². The Morgan fingerprint density at radius 3 is 2.61 bits per heavy atom. The maximum absolute atomic E-state index is 11.9. The molecule has 0 unspecified atom stereocenters. The predicted octanol–water partition coefficient (Wildman–Crippen LogP) is 1.03. The number of rotatable bonds is 2. The van der Waals surface area contributed by atoms with E-state index in [0.29, 0.717) is 13.0 Å². The van der Waals surface area contributed by atoms with Crippen LogP contribution in [-0.4, -0.2) is 31.6 Å². The molecule has 2 rings (SSSR count). The molecule has 1 aromatic rings. The fourth-order valence-electron chi connectivity index (χ4n) is 2.04. The van der Waals surface area contributed by atoms with Crippen molar-refractivity contribution in [2.45, 2.75) is 19.4 Å². The molecular formula is C13H17N3O2. The molecule has 3 amide bonds. The Morgan fingerprint density at radius 1 is 1.33 bits per heavy atom. The van der Waals surface area contributed by atoms with Gasteiger partial charge < -0.3 is 15.5 Å². The van der Waals surface area contributed by atoms with E-state index in [2.05, 4.69) is 10.6 Å². The first kappa shape index (κ1) is 12.4. The van der Waals surface area contributed by atoms with Crippen LogP contribution in [0.15, 0.2) is 24.3 Å². The zero-order chi connectivity index (χ0) is 13.1. The average molecular weight is 247 g/mol.